The number of rotatable bonds is 0. The smallest absolute Gasteiger partial charge is 0.132 e. The van der Waals surface area contributed by atoms with Crippen LogP contribution in [-0.4, -0.2) is 5.78 Å². The summed E-state index contributed by atoms with van der Waals surface area (Å²) in [6, 6.07) is 0. The van der Waals surface area contributed by atoms with Crippen molar-refractivity contribution in [1.82, 2.24) is 0 Å². The van der Waals surface area contributed by atoms with Gasteiger partial charge in [-0.15, -0.1) is 0 Å². The maximum Gasteiger partial charge on any atom is 0.132 e. The van der Waals surface area contributed by atoms with Gasteiger partial charge < -0.3 is 0 Å². The Balaban J connectivity index is 2.24. The van der Waals surface area contributed by atoms with E-state index in [1.165, 1.54) is 25.7 Å². The van der Waals surface area contributed by atoms with Gasteiger partial charge >= 0.3 is 0 Å². The molecule has 0 saturated heterocycles. The summed E-state index contributed by atoms with van der Waals surface area (Å²) in [5.41, 5.74) is 0. The second kappa shape index (κ2) is 6.88. The van der Waals surface area contributed by atoms with Gasteiger partial charge in [-0.05, 0) is 32.1 Å². The highest BCUT2D eigenvalue weighted by atomic mass is 16.1. The number of carbonyl (C=O) groups excluding carboxylic acids is 1. The van der Waals surface area contributed by atoms with Crippen molar-refractivity contribution < 1.29 is 4.79 Å². The van der Waals surface area contributed by atoms with E-state index in [-0.39, 0.29) is 0 Å². The zero-order valence-electron chi connectivity index (χ0n) is 8.43. The number of Topliss-reactive ketones (excluding diaryl/α,β-unsaturated/α-hetero) is 1. The molecular weight excluding hydrogens is 160 g/mol. The topological polar surface area (TPSA) is 17.1 Å². The number of carbonyl (C=O) groups is 1. The largest absolute Gasteiger partial charge is 0.300 e. The molecule has 0 bridgehead atoms. The molecule has 0 atom stereocenters. The fourth-order valence-corrected chi connectivity index (χ4v) is 1.72. The molecule has 0 fully saturated rings. The maximum absolute atomic E-state index is 11.3. The summed E-state index contributed by atoms with van der Waals surface area (Å²) in [5, 5.41) is 0. The van der Waals surface area contributed by atoms with Gasteiger partial charge in [0.2, 0.25) is 0 Å². The van der Waals surface area contributed by atoms with Gasteiger partial charge in [-0.2, -0.15) is 0 Å². The third-order valence-corrected chi connectivity index (χ3v) is 2.57. The van der Waals surface area contributed by atoms with E-state index in [9.17, 15) is 4.79 Å². The Hall–Kier alpha value is -0.590. The molecule has 1 nitrogen and oxygen atoms in total. The average molecular weight is 180 g/mol. The van der Waals surface area contributed by atoms with Crippen molar-refractivity contribution in [2.24, 2.45) is 0 Å². The molecule has 1 heteroatoms. The van der Waals surface area contributed by atoms with Crippen LogP contribution in [0.2, 0.25) is 0 Å². The number of hydrogen-bond donors (Lipinski definition) is 0. The van der Waals surface area contributed by atoms with Crippen molar-refractivity contribution in [1.29, 1.82) is 0 Å². The van der Waals surface area contributed by atoms with E-state index >= 15 is 0 Å². The second-order valence-electron chi connectivity index (χ2n) is 3.86. The molecule has 1 aliphatic carbocycles. The van der Waals surface area contributed by atoms with Crippen molar-refractivity contribution >= 4 is 5.78 Å². The molecule has 13 heavy (non-hydrogen) atoms. The van der Waals surface area contributed by atoms with E-state index < -0.39 is 0 Å². The van der Waals surface area contributed by atoms with Crippen LogP contribution >= 0.6 is 0 Å². The van der Waals surface area contributed by atoms with E-state index in [2.05, 4.69) is 12.2 Å². The highest BCUT2D eigenvalue weighted by Crippen LogP contribution is 2.10. The lowest BCUT2D eigenvalue weighted by atomic mass is 10.0. The molecular formula is C12H20O. The van der Waals surface area contributed by atoms with Gasteiger partial charge in [0.15, 0.2) is 0 Å². The van der Waals surface area contributed by atoms with Crippen LogP contribution in [0.15, 0.2) is 12.2 Å². The van der Waals surface area contributed by atoms with Crippen LogP contribution in [0.4, 0.5) is 0 Å². The van der Waals surface area contributed by atoms with Gasteiger partial charge in [-0.3, -0.25) is 4.79 Å². The third kappa shape index (κ3) is 5.62. The Morgan fingerprint density at radius 1 is 0.769 bits per heavy atom. The molecule has 0 N–H and O–H groups in total. The normalized spacial score (nSPS) is 24.5. The van der Waals surface area contributed by atoms with Gasteiger partial charge in [0, 0.05) is 12.8 Å². The predicted molar refractivity (Wildman–Crippen MR) is 55.7 cm³/mol. The quantitative estimate of drug-likeness (QED) is 0.520. The Morgan fingerprint density at radius 3 is 2.23 bits per heavy atom. The number of allylic oxidation sites excluding steroid dienone is 2. The third-order valence-electron chi connectivity index (χ3n) is 2.57. The molecule has 0 heterocycles. The summed E-state index contributed by atoms with van der Waals surface area (Å²) in [6.45, 7) is 0. The Bertz CT molecular complexity index is 170. The van der Waals surface area contributed by atoms with Crippen molar-refractivity contribution in [3.63, 3.8) is 0 Å². The molecule has 0 radical (unpaired) electrons. The summed E-state index contributed by atoms with van der Waals surface area (Å²) in [7, 11) is 0. The van der Waals surface area contributed by atoms with Crippen molar-refractivity contribution in [2.45, 2.75) is 57.8 Å². The molecule has 1 aliphatic rings. The van der Waals surface area contributed by atoms with Gasteiger partial charge in [0.1, 0.15) is 5.78 Å². The van der Waals surface area contributed by atoms with Gasteiger partial charge in [-0.25, -0.2) is 0 Å². The molecule has 0 spiro atoms. The molecule has 0 unspecified atom stereocenters. The summed E-state index contributed by atoms with van der Waals surface area (Å²) in [4.78, 5) is 11.3. The lowest BCUT2D eigenvalue weighted by molar-refractivity contribution is -0.119. The highest BCUT2D eigenvalue weighted by Gasteiger charge is 2.01. The fourth-order valence-electron chi connectivity index (χ4n) is 1.72. The zero-order valence-corrected chi connectivity index (χ0v) is 8.43. The zero-order chi connectivity index (χ0) is 9.36. The van der Waals surface area contributed by atoms with E-state index in [0.717, 1.165) is 32.1 Å². The minimum absolute atomic E-state index is 0.467. The lowest BCUT2D eigenvalue weighted by Crippen LogP contribution is -1.97. The molecule has 0 amide bonds. The molecule has 0 aromatic carbocycles. The Labute approximate surface area is 81.2 Å². The summed E-state index contributed by atoms with van der Waals surface area (Å²) in [6.07, 6.45) is 14.4. The van der Waals surface area contributed by atoms with Crippen LogP contribution < -0.4 is 0 Å². The first-order valence-corrected chi connectivity index (χ1v) is 5.56. The van der Waals surface area contributed by atoms with E-state index in [1.54, 1.807) is 0 Å². The van der Waals surface area contributed by atoms with E-state index in [4.69, 9.17) is 0 Å². The molecule has 74 valence electrons. The van der Waals surface area contributed by atoms with Gasteiger partial charge in [0.25, 0.3) is 0 Å². The summed E-state index contributed by atoms with van der Waals surface area (Å²) >= 11 is 0. The Morgan fingerprint density at radius 2 is 1.38 bits per heavy atom. The molecule has 1 rings (SSSR count). The van der Waals surface area contributed by atoms with Crippen LogP contribution in [-0.2, 0) is 4.79 Å². The predicted octanol–water partition coefficient (Wildman–Crippen LogP) is 3.64. The molecule has 0 aliphatic heterocycles. The van der Waals surface area contributed by atoms with Gasteiger partial charge in [0.05, 0.1) is 0 Å². The minimum atomic E-state index is 0.467. The Kier molecular flexibility index (Phi) is 5.55. The fraction of sp³-hybridized carbons (Fsp3) is 0.750. The number of hydrogen-bond acceptors (Lipinski definition) is 1. The van der Waals surface area contributed by atoms with Crippen molar-refractivity contribution in [3.05, 3.63) is 12.2 Å². The van der Waals surface area contributed by atoms with Crippen LogP contribution in [0.5, 0.6) is 0 Å². The van der Waals surface area contributed by atoms with E-state index in [0.29, 0.717) is 5.78 Å². The lowest BCUT2D eigenvalue weighted by Gasteiger charge is -2.02. The first-order valence-electron chi connectivity index (χ1n) is 5.56. The number of ketones is 1. The monoisotopic (exact) mass is 180 g/mol. The van der Waals surface area contributed by atoms with Crippen LogP contribution in [0.3, 0.4) is 0 Å². The van der Waals surface area contributed by atoms with Crippen LogP contribution in [0.1, 0.15) is 57.8 Å². The highest BCUT2D eigenvalue weighted by molar-refractivity contribution is 5.78. The average Bonchev–Trinajstić information content (AvgIpc) is 2.11. The minimum Gasteiger partial charge on any atom is -0.300 e. The summed E-state index contributed by atoms with van der Waals surface area (Å²) in [5.74, 6) is 0.467. The van der Waals surface area contributed by atoms with Crippen LogP contribution in [0.25, 0.3) is 0 Å². The summed E-state index contributed by atoms with van der Waals surface area (Å²) < 4.78 is 0. The van der Waals surface area contributed by atoms with Crippen molar-refractivity contribution in [3.8, 4) is 0 Å². The maximum atomic E-state index is 11.3. The first kappa shape index (κ1) is 10.5. The molecule has 0 aromatic heterocycles. The molecule has 0 saturated carbocycles. The first-order chi connectivity index (χ1) is 6.39. The van der Waals surface area contributed by atoms with E-state index in [1.807, 2.05) is 0 Å². The molecule has 0 aromatic rings. The standard InChI is InChI=1S/C12H20O/c13-12-10-8-6-4-2-1-3-5-7-9-11-12/h2,4H,1,3,5-11H2/b4-2-. The van der Waals surface area contributed by atoms with Crippen molar-refractivity contribution in [2.75, 3.05) is 0 Å². The van der Waals surface area contributed by atoms with Crippen LogP contribution in [0, 0.1) is 0 Å². The SMILES string of the molecule is O=C1CCC/C=C\CCCCCC1. The van der Waals surface area contributed by atoms with Gasteiger partial charge in [-0.1, -0.05) is 25.0 Å². The second-order valence-corrected chi connectivity index (χ2v) is 3.86.